The lowest BCUT2D eigenvalue weighted by atomic mass is 10.3. The average Bonchev–Trinajstić information content (AvgIpc) is 3.00. The van der Waals surface area contributed by atoms with Crippen molar-refractivity contribution < 1.29 is 9.52 Å². The van der Waals surface area contributed by atoms with Gasteiger partial charge in [0.1, 0.15) is 0 Å². The first-order chi connectivity index (χ1) is 8.15. The van der Waals surface area contributed by atoms with Gasteiger partial charge in [-0.1, -0.05) is 5.10 Å². The third-order valence-corrected chi connectivity index (χ3v) is 2.78. The van der Waals surface area contributed by atoms with E-state index in [0.717, 1.165) is 0 Å². The van der Waals surface area contributed by atoms with Crippen LogP contribution in [-0.4, -0.2) is 41.0 Å². The number of aliphatic hydroxyl groups is 1. The first-order valence-electron chi connectivity index (χ1n) is 6.10. The summed E-state index contributed by atoms with van der Waals surface area (Å²) >= 11 is 0. The maximum atomic E-state index is 9.20. The van der Waals surface area contributed by atoms with Gasteiger partial charge in [-0.15, -0.1) is 5.10 Å². The normalized spacial score (nSPS) is 17.1. The summed E-state index contributed by atoms with van der Waals surface area (Å²) in [6, 6.07) is 1.15. The summed E-state index contributed by atoms with van der Waals surface area (Å²) < 4.78 is 5.52. The molecule has 1 fully saturated rings. The van der Waals surface area contributed by atoms with E-state index in [1.807, 2.05) is 11.9 Å². The second kappa shape index (κ2) is 5.46. The molecule has 2 N–H and O–H groups in total. The van der Waals surface area contributed by atoms with Crippen molar-refractivity contribution in [3.05, 3.63) is 5.89 Å². The van der Waals surface area contributed by atoms with E-state index in [1.54, 1.807) is 6.92 Å². The van der Waals surface area contributed by atoms with Gasteiger partial charge in [-0.3, -0.25) is 0 Å². The molecule has 6 heteroatoms. The van der Waals surface area contributed by atoms with Gasteiger partial charge in [0.2, 0.25) is 5.89 Å². The highest BCUT2D eigenvalue weighted by Gasteiger charge is 2.21. The fourth-order valence-corrected chi connectivity index (χ4v) is 1.47. The van der Waals surface area contributed by atoms with Crippen LogP contribution in [0.2, 0.25) is 0 Å². The maximum absolute atomic E-state index is 9.20. The van der Waals surface area contributed by atoms with Crippen LogP contribution in [0.1, 0.15) is 32.1 Å². The summed E-state index contributed by atoms with van der Waals surface area (Å²) in [6.45, 7) is 3.11. The molecule has 0 aromatic carbocycles. The molecule has 1 aromatic heterocycles. The molecule has 1 unspecified atom stereocenters. The van der Waals surface area contributed by atoms with Crippen LogP contribution in [0.15, 0.2) is 4.42 Å². The zero-order valence-corrected chi connectivity index (χ0v) is 10.4. The third kappa shape index (κ3) is 3.98. The molecule has 6 nitrogen and oxygen atoms in total. The first-order valence-corrected chi connectivity index (χ1v) is 6.10. The van der Waals surface area contributed by atoms with Crippen molar-refractivity contribution in [2.45, 2.75) is 44.9 Å². The predicted molar refractivity (Wildman–Crippen MR) is 63.7 cm³/mol. The zero-order chi connectivity index (χ0) is 12.3. The molecule has 1 saturated carbocycles. The molecule has 0 bridgehead atoms. The van der Waals surface area contributed by atoms with E-state index in [-0.39, 0.29) is 6.10 Å². The second-order valence-electron chi connectivity index (χ2n) is 4.69. The van der Waals surface area contributed by atoms with Gasteiger partial charge in [-0.25, -0.2) is 0 Å². The maximum Gasteiger partial charge on any atom is 0.317 e. The quantitative estimate of drug-likeness (QED) is 0.724. The number of aromatic nitrogens is 2. The van der Waals surface area contributed by atoms with Crippen LogP contribution in [-0.2, 0) is 6.54 Å². The van der Waals surface area contributed by atoms with Crippen LogP contribution in [0.5, 0.6) is 0 Å². The van der Waals surface area contributed by atoms with Gasteiger partial charge >= 0.3 is 6.01 Å². The van der Waals surface area contributed by atoms with E-state index in [4.69, 9.17) is 4.42 Å². The minimum atomic E-state index is -0.309. The van der Waals surface area contributed by atoms with E-state index in [0.29, 0.717) is 37.5 Å². The molecular formula is C11H20N4O2. The van der Waals surface area contributed by atoms with Crippen molar-refractivity contribution in [3.8, 4) is 0 Å². The van der Waals surface area contributed by atoms with Gasteiger partial charge in [0.25, 0.3) is 0 Å². The van der Waals surface area contributed by atoms with Crippen molar-refractivity contribution in [3.63, 3.8) is 0 Å². The smallest absolute Gasteiger partial charge is 0.317 e. The molecule has 2 rings (SSSR count). The van der Waals surface area contributed by atoms with Crippen molar-refractivity contribution in [1.82, 2.24) is 15.5 Å². The van der Waals surface area contributed by atoms with Crippen LogP contribution >= 0.6 is 0 Å². The minimum Gasteiger partial charge on any atom is -0.407 e. The highest BCUT2D eigenvalue weighted by atomic mass is 16.4. The number of hydrogen-bond donors (Lipinski definition) is 2. The minimum absolute atomic E-state index is 0.309. The molecule has 0 aliphatic heterocycles. The number of aliphatic hydroxyl groups excluding tert-OH is 1. The Hall–Kier alpha value is -1.14. The molecule has 0 amide bonds. The summed E-state index contributed by atoms with van der Waals surface area (Å²) in [4.78, 5) is 1.86. The molecule has 17 heavy (non-hydrogen) atoms. The summed E-state index contributed by atoms with van der Waals surface area (Å²) in [5.41, 5.74) is 0. The lowest BCUT2D eigenvalue weighted by Gasteiger charge is -2.14. The Morgan fingerprint density at radius 3 is 2.94 bits per heavy atom. The van der Waals surface area contributed by atoms with Gasteiger partial charge in [-0.05, 0) is 26.2 Å². The van der Waals surface area contributed by atoms with Crippen LogP contribution in [0.4, 0.5) is 6.01 Å². The van der Waals surface area contributed by atoms with Gasteiger partial charge < -0.3 is 19.7 Å². The van der Waals surface area contributed by atoms with Gasteiger partial charge in [0, 0.05) is 19.6 Å². The monoisotopic (exact) mass is 240 g/mol. The fourth-order valence-electron chi connectivity index (χ4n) is 1.47. The Bertz CT molecular complexity index is 349. The Labute approximate surface area is 101 Å². The largest absolute Gasteiger partial charge is 0.407 e. The average molecular weight is 240 g/mol. The lowest BCUT2D eigenvalue weighted by Crippen LogP contribution is -2.22. The molecule has 96 valence electrons. The third-order valence-electron chi connectivity index (χ3n) is 2.78. The summed E-state index contributed by atoms with van der Waals surface area (Å²) in [5.74, 6) is 0.621. The van der Waals surface area contributed by atoms with Gasteiger partial charge in [0.05, 0.1) is 12.6 Å². The highest BCUT2D eigenvalue weighted by molar-refractivity contribution is 5.21. The highest BCUT2D eigenvalue weighted by Crippen LogP contribution is 2.19. The SMILES string of the molecule is CC(O)CCN(C)c1nnc(CNC2CC2)o1. The van der Waals surface area contributed by atoms with Crippen molar-refractivity contribution in [1.29, 1.82) is 0 Å². The van der Waals surface area contributed by atoms with Gasteiger partial charge in [0.15, 0.2) is 0 Å². The molecule has 1 aromatic rings. The molecule has 1 atom stereocenters. The van der Waals surface area contributed by atoms with Crippen LogP contribution < -0.4 is 10.2 Å². The fraction of sp³-hybridized carbons (Fsp3) is 0.818. The Balaban J connectivity index is 1.78. The Morgan fingerprint density at radius 2 is 2.29 bits per heavy atom. The molecular weight excluding hydrogens is 220 g/mol. The predicted octanol–water partition coefficient (Wildman–Crippen LogP) is 0.529. The van der Waals surface area contributed by atoms with E-state index in [2.05, 4.69) is 15.5 Å². The van der Waals surface area contributed by atoms with Gasteiger partial charge in [-0.2, -0.15) is 0 Å². The van der Waals surface area contributed by atoms with Crippen molar-refractivity contribution in [2.75, 3.05) is 18.5 Å². The van der Waals surface area contributed by atoms with E-state index in [9.17, 15) is 5.11 Å². The van der Waals surface area contributed by atoms with E-state index >= 15 is 0 Å². The lowest BCUT2D eigenvalue weighted by molar-refractivity contribution is 0.186. The van der Waals surface area contributed by atoms with E-state index < -0.39 is 0 Å². The molecule has 1 heterocycles. The molecule has 0 radical (unpaired) electrons. The summed E-state index contributed by atoms with van der Waals surface area (Å²) in [7, 11) is 1.88. The number of nitrogens with one attached hydrogen (secondary N) is 1. The molecule has 0 spiro atoms. The number of rotatable bonds is 7. The molecule has 1 aliphatic rings. The van der Waals surface area contributed by atoms with E-state index in [1.165, 1.54) is 12.8 Å². The Morgan fingerprint density at radius 1 is 1.53 bits per heavy atom. The molecule has 0 saturated heterocycles. The summed E-state index contributed by atoms with van der Waals surface area (Å²) in [5, 5.41) is 20.5. The summed E-state index contributed by atoms with van der Waals surface area (Å²) in [6.07, 6.45) is 2.87. The van der Waals surface area contributed by atoms with Crippen LogP contribution in [0, 0.1) is 0 Å². The van der Waals surface area contributed by atoms with Crippen LogP contribution in [0.3, 0.4) is 0 Å². The van der Waals surface area contributed by atoms with Crippen molar-refractivity contribution in [2.24, 2.45) is 0 Å². The topological polar surface area (TPSA) is 74.4 Å². The zero-order valence-electron chi connectivity index (χ0n) is 10.4. The Kier molecular flexibility index (Phi) is 3.96. The van der Waals surface area contributed by atoms with Crippen LogP contribution in [0.25, 0.3) is 0 Å². The molecule has 1 aliphatic carbocycles. The number of anilines is 1. The van der Waals surface area contributed by atoms with Crippen molar-refractivity contribution >= 4 is 6.01 Å². The standard InChI is InChI=1S/C11H20N4O2/c1-8(16)5-6-15(2)11-14-13-10(17-11)7-12-9-3-4-9/h8-9,12,16H,3-7H2,1-2H3. The first kappa shape index (κ1) is 12.3. The second-order valence-corrected chi connectivity index (χ2v) is 4.69. The number of nitrogens with zero attached hydrogens (tertiary/aromatic N) is 3. The number of hydrogen-bond acceptors (Lipinski definition) is 6.